The van der Waals surface area contributed by atoms with Crippen LogP contribution in [0.1, 0.15) is 51.5 Å². The van der Waals surface area contributed by atoms with Crippen molar-refractivity contribution >= 4 is 40.0 Å². The van der Waals surface area contributed by atoms with Crippen LogP contribution < -0.4 is 15.4 Å². The van der Waals surface area contributed by atoms with Crippen LogP contribution in [0.3, 0.4) is 0 Å². The molecule has 1 saturated heterocycles. The van der Waals surface area contributed by atoms with E-state index in [0.29, 0.717) is 31.6 Å². The second kappa shape index (κ2) is 14.2. The van der Waals surface area contributed by atoms with E-state index in [1.54, 1.807) is 0 Å². The molecule has 7 nitrogen and oxygen atoms in total. The van der Waals surface area contributed by atoms with Gasteiger partial charge in [0, 0.05) is 31.7 Å². The molecule has 3 N–H and O–H groups in total. The van der Waals surface area contributed by atoms with Crippen molar-refractivity contribution in [2.24, 2.45) is 4.99 Å². The summed E-state index contributed by atoms with van der Waals surface area (Å²) in [5.41, 5.74) is 1.25. The maximum Gasteiger partial charge on any atom is 0.213 e. The molecule has 0 radical (unpaired) electrons. The number of rotatable bonds is 10. The average Bonchev–Trinajstić information content (AvgIpc) is 2.73. The molecule has 1 fully saturated rings. The summed E-state index contributed by atoms with van der Waals surface area (Å²) < 4.78 is 32.7. The Morgan fingerprint density at radius 3 is 2.60 bits per heavy atom. The van der Waals surface area contributed by atoms with Gasteiger partial charge in [0.15, 0.2) is 5.96 Å². The molecule has 2 rings (SSSR count). The van der Waals surface area contributed by atoms with Gasteiger partial charge < -0.3 is 15.4 Å². The summed E-state index contributed by atoms with van der Waals surface area (Å²) in [6.45, 7) is 8.23. The van der Waals surface area contributed by atoms with Gasteiger partial charge in [-0.1, -0.05) is 37.3 Å². The number of ether oxygens (including phenoxy) is 1. The molecule has 1 heterocycles. The Hall–Kier alpha value is -0.910. The lowest BCUT2D eigenvalue weighted by Gasteiger charge is -2.24. The Labute approximate surface area is 198 Å². The van der Waals surface area contributed by atoms with Gasteiger partial charge in [0.05, 0.1) is 18.4 Å². The zero-order chi connectivity index (χ0) is 21.1. The molecule has 3 unspecified atom stereocenters. The number of nitrogens with zero attached hydrogens (tertiary/aromatic N) is 1. The first kappa shape index (κ1) is 27.1. The second-order valence-corrected chi connectivity index (χ2v) is 9.48. The summed E-state index contributed by atoms with van der Waals surface area (Å²) in [7, 11) is -3.37. The topological polar surface area (TPSA) is 91.8 Å². The summed E-state index contributed by atoms with van der Waals surface area (Å²) in [6, 6.07) is 10.5. The molecule has 0 spiro atoms. The van der Waals surface area contributed by atoms with E-state index in [9.17, 15) is 8.42 Å². The van der Waals surface area contributed by atoms with Crippen LogP contribution >= 0.6 is 24.0 Å². The van der Waals surface area contributed by atoms with Crippen molar-refractivity contribution in [2.45, 2.75) is 58.1 Å². The quantitative estimate of drug-likeness (QED) is 0.236. The monoisotopic (exact) mass is 552 g/mol. The van der Waals surface area contributed by atoms with E-state index in [1.165, 1.54) is 5.56 Å². The summed E-state index contributed by atoms with van der Waals surface area (Å²) in [4.78, 5) is 4.45. The molecule has 0 amide bonds. The third kappa shape index (κ3) is 9.93. The SMILES string of the molecule is CCNC(=NCCS(=O)(=O)NCC1CCCCO1)NC(C)C(C)c1ccccc1.I. The maximum atomic E-state index is 12.3. The largest absolute Gasteiger partial charge is 0.377 e. The van der Waals surface area contributed by atoms with Gasteiger partial charge in [-0.2, -0.15) is 0 Å². The summed E-state index contributed by atoms with van der Waals surface area (Å²) in [5, 5.41) is 6.58. The predicted molar refractivity (Wildman–Crippen MR) is 134 cm³/mol. The van der Waals surface area contributed by atoms with Crippen LogP contribution in [0, 0.1) is 0 Å². The van der Waals surface area contributed by atoms with Crippen molar-refractivity contribution in [3.8, 4) is 0 Å². The number of sulfonamides is 1. The zero-order valence-electron chi connectivity index (χ0n) is 18.3. The minimum absolute atomic E-state index is 0. The molecule has 9 heteroatoms. The minimum Gasteiger partial charge on any atom is -0.377 e. The van der Waals surface area contributed by atoms with Gasteiger partial charge in [0.1, 0.15) is 0 Å². The number of aliphatic imine (C=N–C) groups is 1. The highest BCUT2D eigenvalue weighted by Crippen LogP contribution is 2.18. The zero-order valence-corrected chi connectivity index (χ0v) is 21.4. The van der Waals surface area contributed by atoms with E-state index in [-0.39, 0.29) is 48.4 Å². The Bertz CT molecular complexity index is 725. The van der Waals surface area contributed by atoms with E-state index in [2.05, 4.69) is 46.3 Å². The number of guanidine groups is 1. The third-order valence-electron chi connectivity index (χ3n) is 5.22. The highest BCUT2D eigenvalue weighted by Gasteiger charge is 2.18. The highest BCUT2D eigenvalue weighted by molar-refractivity contribution is 14.0. The van der Waals surface area contributed by atoms with Crippen molar-refractivity contribution in [2.75, 3.05) is 32.0 Å². The Balaban J connectivity index is 0.00000450. The number of hydrogen-bond donors (Lipinski definition) is 3. The van der Waals surface area contributed by atoms with Crippen LogP contribution in [0.4, 0.5) is 0 Å². The van der Waals surface area contributed by atoms with Crippen molar-refractivity contribution < 1.29 is 13.2 Å². The molecule has 30 heavy (non-hydrogen) atoms. The molecule has 0 saturated carbocycles. The van der Waals surface area contributed by atoms with Gasteiger partial charge in [-0.05, 0) is 38.7 Å². The maximum absolute atomic E-state index is 12.3. The standard InChI is InChI=1S/C21H36N4O3S.HI/c1-4-22-21(25-18(3)17(2)19-10-6-5-7-11-19)23-13-15-29(26,27)24-16-20-12-8-9-14-28-20;/h5-7,10-11,17-18,20,24H,4,8-9,12-16H2,1-3H3,(H2,22,23,25);1H. The van der Waals surface area contributed by atoms with Gasteiger partial charge in [-0.25, -0.2) is 13.1 Å². The second-order valence-electron chi connectivity index (χ2n) is 7.55. The minimum atomic E-state index is -3.37. The fraction of sp³-hybridized carbons (Fsp3) is 0.667. The summed E-state index contributed by atoms with van der Waals surface area (Å²) in [5.74, 6) is 0.883. The first-order valence-electron chi connectivity index (χ1n) is 10.6. The van der Waals surface area contributed by atoms with Gasteiger partial charge in [0.2, 0.25) is 10.0 Å². The number of benzene rings is 1. The normalized spacial score (nSPS) is 19.4. The molecule has 3 atom stereocenters. The van der Waals surface area contributed by atoms with Crippen LogP contribution in [0.5, 0.6) is 0 Å². The molecule has 1 aromatic rings. The van der Waals surface area contributed by atoms with Gasteiger partial charge in [-0.3, -0.25) is 4.99 Å². The van der Waals surface area contributed by atoms with Crippen molar-refractivity contribution in [1.29, 1.82) is 0 Å². The molecule has 0 bridgehead atoms. The molecule has 172 valence electrons. The number of hydrogen-bond acceptors (Lipinski definition) is 4. The van der Waals surface area contributed by atoms with E-state index in [0.717, 1.165) is 19.3 Å². The van der Waals surface area contributed by atoms with Crippen LogP contribution in [0.25, 0.3) is 0 Å². The van der Waals surface area contributed by atoms with E-state index < -0.39 is 10.0 Å². The van der Waals surface area contributed by atoms with Gasteiger partial charge >= 0.3 is 0 Å². The van der Waals surface area contributed by atoms with E-state index in [4.69, 9.17) is 4.74 Å². The van der Waals surface area contributed by atoms with Crippen LogP contribution in [0.15, 0.2) is 35.3 Å². The highest BCUT2D eigenvalue weighted by atomic mass is 127. The average molecular weight is 553 g/mol. The lowest BCUT2D eigenvalue weighted by Crippen LogP contribution is -2.44. The number of nitrogens with one attached hydrogen (secondary N) is 3. The van der Waals surface area contributed by atoms with Crippen LogP contribution in [-0.2, 0) is 14.8 Å². The molecule has 1 aromatic carbocycles. The van der Waals surface area contributed by atoms with Crippen molar-refractivity contribution in [3.05, 3.63) is 35.9 Å². The lowest BCUT2D eigenvalue weighted by atomic mass is 9.94. The van der Waals surface area contributed by atoms with Gasteiger partial charge in [0.25, 0.3) is 0 Å². The Morgan fingerprint density at radius 1 is 1.23 bits per heavy atom. The molecular weight excluding hydrogens is 515 g/mol. The van der Waals surface area contributed by atoms with Crippen LogP contribution in [-0.4, -0.2) is 58.5 Å². The Morgan fingerprint density at radius 2 is 1.97 bits per heavy atom. The van der Waals surface area contributed by atoms with Crippen molar-refractivity contribution in [3.63, 3.8) is 0 Å². The molecule has 1 aliphatic rings. The van der Waals surface area contributed by atoms with Crippen molar-refractivity contribution in [1.82, 2.24) is 15.4 Å². The lowest BCUT2D eigenvalue weighted by molar-refractivity contribution is 0.0200. The first-order valence-corrected chi connectivity index (χ1v) is 12.2. The molecule has 1 aliphatic heterocycles. The number of halogens is 1. The molecular formula is C21H37IN4O3S. The van der Waals surface area contributed by atoms with E-state index >= 15 is 0 Å². The Kier molecular flexibility index (Phi) is 12.8. The smallest absolute Gasteiger partial charge is 0.213 e. The fourth-order valence-corrected chi connectivity index (χ4v) is 4.16. The first-order chi connectivity index (χ1) is 13.9. The van der Waals surface area contributed by atoms with E-state index in [1.807, 2.05) is 25.1 Å². The fourth-order valence-electron chi connectivity index (χ4n) is 3.24. The summed E-state index contributed by atoms with van der Waals surface area (Å²) in [6.07, 6.45) is 3.04. The predicted octanol–water partition coefficient (Wildman–Crippen LogP) is 2.84. The molecule has 0 aliphatic carbocycles. The van der Waals surface area contributed by atoms with Crippen LogP contribution in [0.2, 0.25) is 0 Å². The molecule has 0 aromatic heterocycles. The third-order valence-corrected chi connectivity index (χ3v) is 6.55. The summed E-state index contributed by atoms with van der Waals surface area (Å²) >= 11 is 0. The van der Waals surface area contributed by atoms with Gasteiger partial charge in [-0.15, -0.1) is 24.0 Å².